The highest BCUT2D eigenvalue weighted by Gasteiger charge is 2.24. The molecule has 0 N–H and O–H groups in total. The molecule has 1 aliphatic carbocycles. The Bertz CT molecular complexity index is 808. The van der Waals surface area contributed by atoms with Crippen LogP contribution < -0.4 is 0 Å². The molecule has 2 aromatic rings. The number of carbonyl (C=O) groups is 2. The van der Waals surface area contributed by atoms with Crippen molar-refractivity contribution in [1.82, 2.24) is 15.0 Å². The van der Waals surface area contributed by atoms with Crippen LogP contribution in [-0.2, 0) is 9.53 Å². The number of aromatic nitrogens is 3. The van der Waals surface area contributed by atoms with Crippen LogP contribution in [0.5, 0.6) is 0 Å². The molecule has 1 aromatic heterocycles. The molecule has 1 atom stereocenters. The molecular formula is C19H21N3O3. The summed E-state index contributed by atoms with van der Waals surface area (Å²) in [6, 6.07) is 9.60. The Morgan fingerprint density at radius 1 is 1.16 bits per heavy atom. The van der Waals surface area contributed by atoms with Crippen LogP contribution in [0.2, 0.25) is 0 Å². The summed E-state index contributed by atoms with van der Waals surface area (Å²) in [4.78, 5) is 24.4. The van der Waals surface area contributed by atoms with Crippen LogP contribution >= 0.6 is 0 Å². The van der Waals surface area contributed by atoms with Gasteiger partial charge in [0.15, 0.2) is 11.5 Å². The molecule has 1 aliphatic rings. The van der Waals surface area contributed by atoms with E-state index in [1.165, 1.54) is 13.1 Å². The number of hydrogen-bond acceptors (Lipinski definition) is 5. The quantitative estimate of drug-likeness (QED) is 0.780. The SMILES string of the molecule is CC(=O)C1=C(OC(=O)c2cnnn2[C@H](C)c2ccccc2)CCCC1. The first-order valence-electron chi connectivity index (χ1n) is 8.48. The van der Waals surface area contributed by atoms with Crippen molar-refractivity contribution in [2.75, 3.05) is 0 Å². The molecule has 0 bridgehead atoms. The van der Waals surface area contributed by atoms with Crippen molar-refractivity contribution in [2.45, 2.75) is 45.6 Å². The fraction of sp³-hybridized carbons (Fsp3) is 0.368. The van der Waals surface area contributed by atoms with Crippen molar-refractivity contribution < 1.29 is 14.3 Å². The molecule has 0 aliphatic heterocycles. The highest BCUT2D eigenvalue weighted by atomic mass is 16.5. The summed E-state index contributed by atoms with van der Waals surface area (Å²) in [6.07, 6.45) is 4.53. The van der Waals surface area contributed by atoms with Gasteiger partial charge < -0.3 is 4.74 Å². The molecule has 0 amide bonds. The molecule has 1 heterocycles. The minimum absolute atomic E-state index is 0.0354. The van der Waals surface area contributed by atoms with Gasteiger partial charge in [-0.25, -0.2) is 9.48 Å². The van der Waals surface area contributed by atoms with Crippen LogP contribution in [0, 0.1) is 0 Å². The summed E-state index contributed by atoms with van der Waals surface area (Å²) >= 11 is 0. The normalized spacial score (nSPS) is 15.8. The van der Waals surface area contributed by atoms with Gasteiger partial charge in [-0.2, -0.15) is 0 Å². The van der Waals surface area contributed by atoms with Gasteiger partial charge in [-0.15, -0.1) is 5.10 Å². The summed E-state index contributed by atoms with van der Waals surface area (Å²) < 4.78 is 7.11. The van der Waals surface area contributed by atoms with Gasteiger partial charge in [-0.05, 0) is 38.7 Å². The fourth-order valence-electron chi connectivity index (χ4n) is 3.08. The van der Waals surface area contributed by atoms with E-state index in [4.69, 9.17) is 4.74 Å². The average Bonchev–Trinajstić information content (AvgIpc) is 3.12. The van der Waals surface area contributed by atoms with Gasteiger partial charge in [0.2, 0.25) is 0 Å². The number of esters is 1. The van der Waals surface area contributed by atoms with E-state index in [2.05, 4.69) is 10.3 Å². The maximum Gasteiger partial charge on any atom is 0.363 e. The predicted molar refractivity (Wildman–Crippen MR) is 91.9 cm³/mol. The third kappa shape index (κ3) is 3.68. The topological polar surface area (TPSA) is 74.1 Å². The summed E-state index contributed by atoms with van der Waals surface area (Å²) in [7, 11) is 0. The van der Waals surface area contributed by atoms with E-state index in [0.717, 1.165) is 18.4 Å². The predicted octanol–water partition coefficient (Wildman–Crippen LogP) is 3.46. The van der Waals surface area contributed by atoms with Gasteiger partial charge in [0.25, 0.3) is 0 Å². The Hall–Kier alpha value is -2.76. The molecule has 6 nitrogen and oxygen atoms in total. The largest absolute Gasteiger partial charge is 0.426 e. The Kier molecular flexibility index (Phi) is 5.07. The Balaban J connectivity index is 1.85. The van der Waals surface area contributed by atoms with E-state index in [0.29, 0.717) is 24.2 Å². The van der Waals surface area contributed by atoms with Gasteiger partial charge >= 0.3 is 5.97 Å². The van der Waals surface area contributed by atoms with Crippen LogP contribution in [0.15, 0.2) is 47.9 Å². The van der Waals surface area contributed by atoms with E-state index < -0.39 is 5.97 Å². The van der Waals surface area contributed by atoms with Crippen molar-refractivity contribution in [3.05, 3.63) is 59.1 Å². The van der Waals surface area contributed by atoms with E-state index in [9.17, 15) is 9.59 Å². The fourth-order valence-corrected chi connectivity index (χ4v) is 3.08. The number of ether oxygens (including phenoxy) is 1. The summed E-state index contributed by atoms with van der Waals surface area (Å²) in [5, 5.41) is 7.91. The first-order chi connectivity index (χ1) is 12.1. The van der Waals surface area contributed by atoms with Gasteiger partial charge in [-0.3, -0.25) is 4.79 Å². The zero-order valence-electron chi connectivity index (χ0n) is 14.4. The number of benzene rings is 1. The summed E-state index contributed by atoms with van der Waals surface area (Å²) in [5.74, 6) is -0.0703. The van der Waals surface area contributed by atoms with Gasteiger partial charge in [0, 0.05) is 12.0 Å². The lowest BCUT2D eigenvalue weighted by Crippen LogP contribution is -2.19. The van der Waals surface area contributed by atoms with Crippen LogP contribution in [0.3, 0.4) is 0 Å². The smallest absolute Gasteiger partial charge is 0.363 e. The third-order valence-corrected chi connectivity index (χ3v) is 4.49. The zero-order chi connectivity index (χ0) is 17.8. The molecule has 0 saturated heterocycles. The number of allylic oxidation sites excluding steroid dienone is 2. The number of hydrogen-bond donors (Lipinski definition) is 0. The maximum atomic E-state index is 12.6. The van der Waals surface area contributed by atoms with E-state index in [-0.39, 0.29) is 17.5 Å². The van der Waals surface area contributed by atoms with E-state index >= 15 is 0 Å². The number of carbonyl (C=O) groups excluding carboxylic acids is 2. The number of nitrogens with zero attached hydrogens (tertiary/aromatic N) is 3. The molecule has 0 spiro atoms. The average molecular weight is 339 g/mol. The molecule has 0 saturated carbocycles. The van der Waals surface area contributed by atoms with Crippen molar-refractivity contribution in [3.8, 4) is 0 Å². The zero-order valence-corrected chi connectivity index (χ0v) is 14.4. The number of Topliss-reactive ketones (excluding diaryl/α,β-unsaturated/α-hetero) is 1. The third-order valence-electron chi connectivity index (χ3n) is 4.49. The monoisotopic (exact) mass is 339 g/mol. The van der Waals surface area contributed by atoms with Crippen LogP contribution in [0.1, 0.15) is 61.6 Å². The minimum atomic E-state index is -0.525. The number of rotatable bonds is 5. The van der Waals surface area contributed by atoms with Crippen molar-refractivity contribution in [3.63, 3.8) is 0 Å². The van der Waals surface area contributed by atoms with Gasteiger partial charge in [-0.1, -0.05) is 35.5 Å². The second kappa shape index (κ2) is 7.42. The molecule has 0 unspecified atom stereocenters. The highest BCUT2D eigenvalue weighted by Crippen LogP contribution is 2.27. The standard InChI is InChI=1S/C19H21N3O3/c1-13(15-8-4-3-5-9-15)22-17(12-20-21-22)19(24)25-18-11-7-6-10-16(18)14(2)23/h3-5,8-9,12-13H,6-7,10-11H2,1-2H3/t13-/m1/s1. The summed E-state index contributed by atoms with van der Waals surface area (Å²) in [5.41, 5.74) is 1.91. The van der Waals surface area contributed by atoms with Crippen LogP contribution in [0.4, 0.5) is 0 Å². The van der Waals surface area contributed by atoms with E-state index in [1.54, 1.807) is 4.68 Å². The molecule has 25 heavy (non-hydrogen) atoms. The molecule has 130 valence electrons. The first-order valence-corrected chi connectivity index (χ1v) is 8.48. The Labute approximate surface area is 146 Å². The number of ketones is 1. The van der Waals surface area contributed by atoms with Gasteiger partial charge in [0.05, 0.1) is 12.2 Å². The maximum absolute atomic E-state index is 12.6. The lowest BCUT2D eigenvalue weighted by atomic mass is 9.95. The lowest BCUT2D eigenvalue weighted by molar-refractivity contribution is -0.114. The first kappa shape index (κ1) is 17.1. The Morgan fingerprint density at radius 3 is 2.60 bits per heavy atom. The van der Waals surface area contributed by atoms with Gasteiger partial charge in [0.1, 0.15) is 5.76 Å². The van der Waals surface area contributed by atoms with Crippen molar-refractivity contribution in [2.24, 2.45) is 0 Å². The molecule has 0 radical (unpaired) electrons. The lowest BCUT2D eigenvalue weighted by Gasteiger charge is -2.19. The van der Waals surface area contributed by atoms with Crippen molar-refractivity contribution in [1.29, 1.82) is 0 Å². The second-order valence-corrected chi connectivity index (χ2v) is 6.21. The summed E-state index contributed by atoms with van der Waals surface area (Å²) in [6.45, 7) is 3.46. The molecule has 3 rings (SSSR count). The molecule has 0 fully saturated rings. The van der Waals surface area contributed by atoms with E-state index in [1.807, 2.05) is 37.3 Å². The second-order valence-electron chi connectivity index (χ2n) is 6.21. The van der Waals surface area contributed by atoms with Crippen LogP contribution in [0.25, 0.3) is 0 Å². The molecular weight excluding hydrogens is 318 g/mol. The van der Waals surface area contributed by atoms with Crippen molar-refractivity contribution >= 4 is 11.8 Å². The Morgan fingerprint density at radius 2 is 1.88 bits per heavy atom. The minimum Gasteiger partial charge on any atom is -0.426 e. The highest BCUT2D eigenvalue weighted by molar-refractivity contribution is 5.95. The molecule has 1 aromatic carbocycles. The van der Waals surface area contributed by atoms with Crippen LogP contribution in [-0.4, -0.2) is 26.7 Å². The molecule has 6 heteroatoms.